The number of benzene rings is 2. The highest BCUT2D eigenvalue weighted by atomic mass is 16.5. The predicted molar refractivity (Wildman–Crippen MR) is 95.9 cm³/mol. The van der Waals surface area contributed by atoms with E-state index in [1.165, 1.54) is 13.2 Å². The quantitative estimate of drug-likeness (QED) is 0.644. The lowest BCUT2D eigenvalue weighted by atomic mass is 9.97. The maximum Gasteiger partial charge on any atom is 0.232 e. The molecule has 0 saturated heterocycles. The third-order valence-corrected chi connectivity index (χ3v) is 3.98. The van der Waals surface area contributed by atoms with Gasteiger partial charge >= 0.3 is 0 Å². The molecule has 1 aromatic heterocycles. The number of carbonyl (C=O) groups is 1. The van der Waals surface area contributed by atoms with Gasteiger partial charge < -0.3 is 25.0 Å². The van der Waals surface area contributed by atoms with Crippen molar-refractivity contribution in [3.63, 3.8) is 0 Å². The van der Waals surface area contributed by atoms with Gasteiger partial charge in [0, 0.05) is 17.6 Å². The van der Waals surface area contributed by atoms with Gasteiger partial charge in [0.05, 0.1) is 20.1 Å². The number of ether oxygens (including phenoxy) is 2. The highest BCUT2D eigenvalue weighted by Crippen LogP contribution is 2.29. The van der Waals surface area contributed by atoms with Crippen LogP contribution in [0.2, 0.25) is 0 Å². The van der Waals surface area contributed by atoms with Crippen molar-refractivity contribution in [1.82, 2.24) is 20.6 Å². The number of nitrogens with zero attached hydrogens (tertiary/aromatic N) is 4. The molecule has 2 N–H and O–H groups in total. The summed E-state index contributed by atoms with van der Waals surface area (Å²) in [5, 5.41) is 27.2. The van der Waals surface area contributed by atoms with Gasteiger partial charge in [-0.2, -0.15) is 5.21 Å². The molecule has 0 bridgehead atoms. The molecule has 0 aliphatic carbocycles. The molecule has 3 aromatic rings. The minimum Gasteiger partial charge on any atom is -0.504 e. The average molecular weight is 368 g/mol. The molecular weight excluding hydrogens is 350 g/mol. The number of methoxy groups -OCH3 is 2. The van der Waals surface area contributed by atoms with E-state index in [1.807, 2.05) is 0 Å². The van der Waals surface area contributed by atoms with Gasteiger partial charge in [0.1, 0.15) is 5.75 Å². The van der Waals surface area contributed by atoms with Crippen LogP contribution in [0.5, 0.6) is 17.2 Å². The van der Waals surface area contributed by atoms with Crippen molar-refractivity contribution in [2.24, 2.45) is 0 Å². The van der Waals surface area contributed by atoms with Crippen LogP contribution in [0.3, 0.4) is 0 Å². The number of aromatic nitrogens is 4. The molecule has 0 saturated carbocycles. The number of aromatic hydroxyl groups is 1. The zero-order valence-corrected chi connectivity index (χ0v) is 14.8. The Balaban J connectivity index is 1.84. The zero-order valence-electron chi connectivity index (χ0n) is 14.8. The summed E-state index contributed by atoms with van der Waals surface area (Å²) in [6.07, 6.45) is 0.278. The summed E-state index contributed by atoms with van der Waals surface area (Å²) >= 11 is 0. The van der Waals surface area contributed by atoms with Crippen LogP contribution in [-0.4, -0.2) is 40.8 Å². The SMILES string of the molecule is COc1cccc(NC(=O)[C@H](Cc2ccc(O)c(OC)c2)c2nnn[n-]2)c1. The molecule has 0 aliphatic rings. The number of hydrogen-bond donors (Lipinski definition) is 2. The number of carbonyl (C=O) groups excluding carboxylic acids is 1. The van der Waals surface area contributed by atoms with E-state index < -0.39 is 5.92 Å². The van der Waals surface area contributed by atoms with Crippen LogP contribution >= 0.6 is 0 Å². The van der Waals surface area contributed by atoms with Crippen molar-refractivity contribution >= 4 is 11.6 Å². The Labute approximate surface area is 155 Å². The minimum atomic E-state index is -0.722. The summed E-state index contributed by atoms with van der Waals surface area (Å²) in [5.41, 5.74) is 1.35. The second-order valence-electron chi connectivity index (χ2n) is 5.72. The summed E-state index contributed by atoms with van der Waals surface area (Å²) in [6, 6.07) is 11.9. The number of anilines is 1. The Kier molecular flexibility index (Phi) is 5.50. The van der Waals surface area contributed by atoms with E-state index >= 15 is 0 Å². The van der Waals surface area contributed by atoms with E-state index in [2.05, 4.69) is 25.9 Å². The number of hydrogen-bond acceptors (Lipinski definition) is 7. The largest absolute Gasteiger partial charge is 0.504 e. The van der Waals surface area contributed by atoms with Crippen LogP contribution in [0, 0.1) is 0 Å². The Bertz CT molecular complexity index is 914. The van der Waals surface area contributed by atoms with Crippen molar-refractivity contribution in [3.05, 3.63) is 53.9 Å². The Morgan fingerprint density at radius 1 is 1.22 bits per heavy atom. The second kappa shape index (κ2) is 8.17. The van der Waals surface area contributed by atoms with Crippen molar-refractivity contribution in [1.29, 1.82) is 0 Å². The monoisotopic (exact) mass is 368 g/mol. The fourth-order valence-electron chi connectivity index (χ4n) is 2.61. The summed E-state index contributed by atoms with van der Waals surface area (Å²) in [7, 11) is 3.01. The number of tetrazole rings is 1. The molecule has 0 unspecified atom stereocenters. The summed E-state index contributed by atoms with van der Waals surface area (Å²) < 4.78 is 10.3. The van der Waals surface area contributed by atoms with Crippen molar-refractivity contribution in [3.8, 4) is 17.2 Å². The Morgan fingerprint density at radius 2 is 2.07 bits per heavy atom. The first-order valence-corrected chi connectivity index (χ1v) is 8.10. The highest BCUT2D eigenvalue weighted by Gasteiger charge is 2.22. The van der Waals surface area contributed by atoms with Gasteiger partial charge in [-0.1, -0.05) is 12.1 Å². The predicted octanol–water partition coefficient (Wildman–Crippen LogP) is 1.52. The van der Waals surface area contributed by atoms with Crippen molar-refractivity contribution in [2.45, 2.75) is 12.3 Å². The lowest BCUT2D eigenvalue weighted by Gasteiger charge is -2.18. The molecule has 140 valence electrons. The number of rotatable bonds is 7. The van der Waals surface area contributed by atoms with E-state index in [1.54, 1.807) is 43.5 Å². The molecule has 0 radical (unpaired) electrons. The van der Waals surface area contributed by atoms with E-state index in [0.717, 1.165) is 5.56 Å². The second-order valence-corrected chi connectivity index (χ2v) is 5.72. The molecule has 1 amide bonds. The highest BCUT2D eigenvalue weighted by molar-refractivity contribution is 5.95. The van der Waals surface area contributed by atoms with Gasteiger partial charge in [0.15, 0.2) is 11.5 Å². The van der Waals surface area contributed by atoms with Crippen molar-refractivity contribution < 1.29 is 19.4 Å². The molecule has 0 spiro atoms. The molecule has 1 heterocycles. The van der Waals surface area contributed by atoms with Crippen LogP contribution in [0.1, 0.15) is 17.3 Å². The first-order valence-electron chi connectivity index (χ1n) is 8.10. The number of nitrogens with one attached hydrogen (secondary N) is 1. The topological polar surface area (TPSA) is 121 Å². The van der Waals surface area contributed by atoms with E-state index in [9.17, 15) is 9.90 Å². The van der Waals surface area contributed by atoms with Gasteiger partial charge in [0.25, 0.3) is 0 Å². The summed E-state index contributed by atoms with van der Waals surface area (Å²) in [5.74, 6) is 0.138. The van der Waals surface area contributed by atoms with Gasteiger partial charge in [0.2, 0.25) is 5.91 Å². The van der Waals surface area contributed by atoms with Gasteiger partial charge in [-0.25, -0.2) is 0 Å². The Morgan fingerprint density at radius 3 is 2.78 bits per heavy atom. The average Bonchev–Trinajstić information content (AvgIpc) is 3.21. The molecule has 9 heteroatoms. The number of phenolic OH excluding ortho intramolecular Hbond substituents is 1. The summed E-state index contributed by atoms with van der Waals surface area (Å²) in [6.45, 7) is 0. The summed E-state index contributed by atoms with van der Waals surface area (Å²) in [4.78, 5) is 12.9. The zero-order chi connectivity index (χ0) is 19.2. The number of amides is 1. The molecule has 9 nitrogen and oxygen atoms in total. The minimum absolute atomic E-state index is 0.0199. The molecule has 3 rings (SSSR count). The van der Waals surface area contributed by atoms with Gasteiger partial charge in [-0.3, -0.25) is 15.1 Å². The molecule has 27 heavy (non-hydrogen) atoms. The van der Waals surface area contributed by atoms with E-state index in [-0.39, 0.29) is 23.9 Å². The van der Waals surface area contributed by atoms with E-state index in [0.29, 0.717) is 17.2 Å². The van der Waals surface area contributed by atoms with Crippen LogP contribution in [0.25, 0.3) is 0 Å². The Hall–Kier alpha value is -3.62. The smallest absolute Gasteiger partial charge is 0.232 e. The molecule has 0 fully saturated rings. The maximum absolute atomic E-state index is 12.9. The first kappa shape index (κ1) is 18.2. The van der Waals surface area contributed by atoms with Crippen LogP contribution in [-0.2, 0) is 11.2 Å². The molecule has 2 aromatic carbocycles. The molecule has 0 aliphatic heterocycles. The van der Waals surface area contributed by atoms with Gasteiger partial charge in [-0.15, -0.1) is 0 Å². The lowest BCUT2D eigenvalue weighted by Crippen LogP contribution is -2.24. The third-order valence-electron chi connectivity index (χ3n) is 3.98. The standard InChI is InChI=1S/C18H19N5O4/c1-26-13-5-3-4-12(10-13)19-18(25)14(17-20-22-23-21-17)8-11-6-7-15(24)16(9-11)27-2/h3-7,9-10,14H,8H2,1-2H3,(H3,19,20,21,22,23,24,25)/p-1/t14-/m1/s1. The number of phenols is 1. The van der Waals surface area contributed by atoms with Crippen molar-refractivity contribution in [2.75, 3.05) is 19.5 Å². The van der Waals surface area contributed by atoms with Gasteiger partial charge in [-0.05, 0) is 36.2 Å². The maximum atomic E-state index is 12.9. The fraction of sp³-hybridized carbons (Fsp3) is 0.222. The first-order chi connectivity index (χ1) is 13.1. The lowest BCUT2D eigenvalue weighted by molar-refractivity contribution is -0.117. The molecule has 1 atom stereocenters. The van der Waals surface area contributed by atoms with Crippen LogP contribution in [0.15, 0.2) is 42.5 Å². The normalized spacial score (nSPS) is 11.6. The van der Waals surface area contributed by atoms with Crippen LogP contribution in [0.4, 0.5) is 5.69 Å². The molecular formula is C18H18N5O4-. The third kappa shape index (κ3) is 4.32. The fourth-order valence-corrected chi connectivity index (χ4v) is 2.61. The van der Waals surface area contributed by atoms with E-state index in [4.69, 9.17) is 9.47 Å². The van der Waals surface area contributed by atoms with Crippen LogP contribution < -0.4 is 19.9 Å².